The van der Waals surface area contributed by atoms with Crippen molar-refractivity contribution in [3.8, 4) is 0 Å². The fourth-order valence-electron chi connectivity index (χ4n) is 2.37. The lowest BCUT2D eigenvalue weighted by atomic mass is 9.86. The first-order valence-corrected chi connectivity index (χ1v) is 6.26. The van der Waals surface area contributed by atoms with Gasteiger partial charge in [0.2, 0.25) is 0 Å². The van der Waals surface area contributed by atoms with Crippen LogP contribution in [-0.2, 0) is 9.53 Å². The smallest absolute Gasteiger partial charge is 0.323 e. The van der Waals surface area contributed by atoms with Crippen LogP contribution in [0.15, 0.2) is 30.3 Å². The first-order valence-electron chi connectivity index (χ1n) is 6.26. The summed E-state index contributed by atoms with van der Waals surface area (Å²) in [5.74, 6) is 0.347. The van der Waals surface area contributed by atoms with Gasteiger partial charge in [-0.3, -0.25) is 4.79 Å². The molecule has 0 aliphatic carbocycles. The lowest BCUT2D eigenvalue weighted by Gasteiger charge is -2.29. The molecule has 1 N–H and O–H groups in total. The maximum absolute atomic E-state index is 11.7. The Balaban J connectivity index is 2.00. The highest BCUT2D eigenvalue weighted by molar-refractivity contribution is 5.76. The van der Waals surface area contributed by atoms with Crippen LogP contribution in [0.2, 0.25) is 0 Å². The topological polar surface area (TPSA) is 38.3 Å². The molecule has 3 heteroatoms. The SMILES string of the molecule is CCOC(=O)C1CC(c2ccccc2)CCN1. The summed E-state index contributed by atoms with van der Waals surface area (Å²) in [7, 11) is 0. The normalized spacial score (nSPS) is 24.3. The Morgan fingerprint density at radius 1 is 1.41 bits per heavy atom. The summed E-state index contributed by atoms with van der Waals surface area (Å²) < 4.78 is 5.06. The maximum atomic E-state index is 11.7. The van der Waals surface area contributed by atoms with Crippen molar-refractivity contribution < 1.29 is 9.53 Å². The Labute approximate surface area is 102 Å². The minimum atomic E-state index is -0.145. The van der Waals surface area contributed by atoms with Gasteiger partial charge in [0, 0.05) is 0 Å². The number of piperidine rings is 1. The second-order valence-electron chi connectivity index (χ2n) is 4.39. The van der Waals surface area contributed by atoms with Crippen molar-refractivity contribution in [3.63, 3.8) is 0 Å². The van der Waals surface area contributed by atoms with Gasteiger partial charge in [-0.05, 0) is 37.8 Å². The summed E-state index contributed by atoms with van der Waals surface area (Å²) in [4.78, 5) is 11.7. The number of carbonyl (C=O) groups excluding carboxylic acids is 1. The summed E-state index contributed by atoms with van der Waals surface area (Å²) in [6.07, 6.45) is 1.92. The molecule has 0 bridgehead atoms. The summed E-state index contributed by atoms with van der Waals surface area (Å²) in [5, 5.41) is 3.23. The van der Waals surface area contributed by atoms with Gasteiger partial charge in [-0.15, -0.1) is 0 Å². The first kappa shape index (κ1) is 12.1. The van der Waals surface area contributed by atoms with Crippen molar-refractivity contribution >= 4 is 5.97 Å². The number of benzene rings is 1. The number of hydrogen-bond donors (Lipinski definition) is 1. The van der Waals surface area contributed by atoms with E-state index in [1.807, 2.05) is 13.0 Å². The average Bonchev–Trinajstić information content (AvgIpc) is 2.40. The van der Waals surface area contributed by atoms with Crippen LogP contribution in [0.5, 0.6) is 0 Å². The molecule has 2 atom stereocenters. The van der Waals surface area contributed by atoms with E-state index in [0.29, 0.717) is 12.5 Å². The van der Waals surface area contributed by atoms with Crippen molar-refractivity contribution in [1.29, 1.82) is 0 Å². The number of rotatable bonds is 3. The molecule has 2 unspecified atom stereocenters. The van der Waals surface area contributed by atoms with Crippen molar-refractivity contribution in [2.75, 3.05) is 13.2 Å². The van der Waals surface area contributed by atoms with Gasteiger partial charge in [0.15, 0.2) is 0 Å². The molecule has 1 fully saturated rings. The highest BCUT2D eigenvalue weighted by atomic mass is 16.5. The summed E-state index contributed by atoms with van der Waals surface area (Å²) in [6, 6.07) is 10.3. The van der Waals surface area contributed by atoms with Gasteiger partial charge in [-0.2, -0.15) is 0 Å². The lowest BCUT2D eigenvalue weighted by Crippen LogP contribution is -2.43. The van der Waals surface area contributed by atoms with Gasteiger partial charge < -0.3 is 10.1 Å². The van der Waals surface area contributed by atoms with Crippen molar-refractivity contribution in [1.82, 2.24) is 5.32 Å². The van der Waals surface area contributed by atoms with E-state index in [9.17, 15) is 4.79 Å². The molecule has 1 aliphatic heterocycles. The Bertz CT molecular complexity index is 364. The number of esters is 1. The molecular weight excluding hydrogens is 214 g/mol. The van der Waals surface area contributed by atoms with Crippen molar-refractivity contribution in [2.45, 2.75) is 31.7 Å². The fraction of sp³-hybridized carbons (Fsp3) is 0.500. The van der Waals surface area contributed by atoms with Crippen molar-refractivity contribution in [2.24, 2.45) is 0 Å². The molecule has 1 aromatic carbocycles. The van der Waals surface area contributed by atoms with E-state index in [1.165, 1.54) is 5.56 Å². The Morgan fingerprint density at radius 2 is 2.18 bits per heavy atom. The van der Waals surface area contributed by atoms with E-state index in [2.05, 4.69) is 29.6 Å². The number of carbonyl (C=O) groups is 1. The second-order valence-corrected chi connectivity index (χ2v) is 4.39. The van der Waals surface area contributed by atoms with Crippen LogP contribution in [0.1, 0.15) is 31.2 Å². The van der Waals surface area contributed by atoms with Crippen LogP contribution in [-0.4, -0.2) is 25.2 Å². The Morgan fingerprint density at radius 3 is 2.88 bits per heavy atom. The highest BCUT2D eigenvalue weighted by Gasteiger charge is 2.28. The van der Waals surface area contributed by atoms with Crippen LogP contribution >= 0.6 is 0 Å². The molecule has 1 aromatic rings. The molecule has 0 aromatic heterocycles. The van der Waals surface area contributed by atoms with E-state index >= 15 is 0 Å². The molecule has 0 radical (unpaired) electrons. The largest absolute Gasteiger partial charge is 0.465 e. The minimum absolute atomic E-state index is 0.117. The third-order valence-electron chi connectivity index (χ3n) is 3.25. The summed E-state index contributed by atoms with van der Waals surface area (Å²) in [6.45, 7) is 3.17. The van der Waals surface area contributed by atoms with E-state index in [-0.39, 0.29) is 12.0 Å². The van der Waals surface area contributed by atoms with Crippen molar-refractivity contribution in [3.05, 3.63) is 35.9 Å². The van der Waals surface area contributed by atoms with Gasteiger partial charge in [-0.1, -0.05) is 30.3 Å². The zero-order valence-electron chi connectivity index (χ0n) is 10.2. The molecule has 17 heavy (non-hydrogen) atoms. The summed E-state index contributed by atoms with van der Waals surface area (Å²) in [5.41, 5.74) is 1.32. The molecule has 1 aliphatic rings. The standard InChI is InChI=1S/C14H19NO2/c1-2-17-14(16)13-10-12(8-9-15-13)11-6-4-3-5-7-11/h3-7,12-13,15H,2,8-10H2,1H3. The third-order valence-corrected chi connectivity index (χ3v) is 3.25. The van der Waals surface area contributed by atoms with E-state index in [1.54, 1.807) is 0 Å². The first-order chi connectivity index (χ1) is 8.31. The molecule has 1 heterocycles. The summed E-state index contributed by atoms with van der Waals surface area (Å²) >= 11 is 0. The van der Waals surface area contributed by atoms with Crippen LogP contribution in [0.25, 0.3) is 0 Å². The fourth-order valence-corrected chi connectivity index (χ4v) is 2.37. The highest BCUT2D eigenvalue weighted by Crippen LogP contribution is 2.27. The van der Waals surface area contributed by atoms with Gasteiger partial charge in [0.05, 0.1) is 6.61 Å². The van der Waals surface area contributed by atoms with Gasteiger partial charge in [0.25, 0.3) is 0 Å². The maximum Gasteiger partial charge on any atom is 0.323 e. The monoisotopic (exact) mass is 233 g/mol. The van der Waals surface area contributed by atoms with Gasteiger partial charge in [-0.25, -0.2) is 0 Å². The van der Waals surface area contributed by atoms with Crippen LogP contribution in [0.3, 0.4) is 0 Å². The molecule has 2 rings (SSSR count). The third kappa shape index (κ3) is 3.07. The van der Waals surface area contributed by atoms with Crippen LogP contribution < -0.4 is 5.32 Å². The van der Waals surface area contributed by atoms with Gasteiger partial charge >= 0.3 is 5.97 Å². The molecule has 3 nitrogen and oxygen atoms in total. The second kappa shape index (κ2) is 5.82. The number of ether oxygens (including phenoxy) is 1. The van der Waals surface area contributed by atoms with Crippen LogP contribution in [0.4, 0.5) is 0 Å². The van der Waals surface area contributed by atoms with Crippen LogP contribution in [0, 0.1) is 0 Å². The number of nitrogens with one attached hydrogen (secondary N) is 1. The van der Waals surface area contributed by atoms with Gasteiger partial charge in [0.1, 0.15) is 6.04 Å². The predicted molar refractivity (Wildman–Crippen MR) is 66.8 cm³/mol. The van der Waals surface area contributed by atoms with E-state index in [0.717, 1.165) is 19.4 Å². The Kier molecular flexibility index (Phi) is 4.15. The number of hydrogen-bond acceptors (Lipinski definition) is 3. The molecule has 1 saturated heterocycles. The van der Waals surface area contributed by atoms with E-state index < -0.39 is 0 Å². The molecule has 0 saturated carbocycles. The predicted octanol–water partition coefficient (Wildman–Crippen LogP) is 2.09. The molecular formula is C14H19NO2. The zero-order valence-corrected chi connectivity index (χ0v) is 10.2. The minimum Gasteiger partial charge on any atom is -0.465 e. The molecule has 0 spiro atoms. The quantitative estimate of drug-likeness (QED) is 0.812. The Hall–Kier alpha value is -1.35. The zero-order chi connectivity index (χ0) is 12.1. The lowest BCUT2D eigenvalue weighted by molar-refractivity contribution is -0.146. The molecule has 92 valence electrons. The average molecular weight is 233 g/mol. The molecule has 0 amide bonds. The van der Waals surface area contributed by atoms with E-state index in [4.69, 9.17) is 4.74 Å².